The van der Waals surface area contributed by atoms with E-state index in [0.29, 0.717) is 15.1 Å². The van der Waals surface area contributed by atoms with Crippen molar-refractivity contribution in [3.8, 4) is 11.4 Å². The summed E-state index contributed by atoms with van der Waals surface area (Å²) in [7, 11) is 0. The molecule has 0 spiro atoms. The van der Waals surface area contributed by atoms with Gasteiger partial charge in [0.1, 0.15) is 11.4 Å². The van der Waals surface area contributed by atoms with Gasteiger partial charge < -0.3 is 15.4 Å². The van der Waals surface area contributed by atoms with Crippen LogP contribution in [0.3, 0.4) is 0 Å². The lowest BCUT2D eigenvalue weighted by Gasteiger charge is -2.09. The highest BCUT2D eigenvalue weighted by Gasteiger charge is 2.17. The number of hydrogen-bond acceptors (Lipinski definition) is 4. The van der Waals surface area contributed by atoms with E-state index in [0.717, 1.165) is 6.20 Å². The van der Waals surface area contributed by atoms with Gasteiger partial charge >= 0.3 is 5.97 Å². The highest BCUT2D eigenvalue weighted by molar-refractivity contribution is 9.10. The van der Waals surface area contributed by atoms with Gasteiger partial charge in [0.05, 0.1) is 11.3 Å². The molecule has 3 rings (SSSR count). The number of rotatable bonds is 4. The highest BCUT2D eigenvalue weighted by atomic mass is 79.9. The van der Waals surface area contributed by atoms with Crippen LogP contribution in [0.15, 0.2) is 57.9 Å². The lowest BCUT2D eigenvalue weighted by molar-refractivity contribution is 0.0698. The molecule has 0 aliphatic carbocycles. The van der Waals surface area contributed by atoms with Gasteiger partial charge in [-0.25, -0.2) is 9.78 Å². The second-order valence-electron chi connectivity index (χ2n) is 5.43. The molecule has 136 valence electrons. The van der Waals surface area contributed by atoms with Gasteiger partial charge in [-0.1, -0.05) is 27.5 Å². The molecule has 3 N–H and O–H groups in total. The monoisotopic (exact) mass is 447 g/mol. The van der Waals surface area contributed by atoms with E-state index >= 15 is 0 Å². The fourth-order valence-corrected chi connectivity index (χ4v) is 2.79. The number of aromatic carboxylic acids is 1. The van der Waals surface area contributed by atoms with Crippen LogP contribution in [0, 0.1) is 0 Å². The number of aromatic amines is 1. The van der Waals surface area contributed by atoms with Gasteiger partial charge in [-0.2, -0.15) is 0 Å². The number of hydrogen-bond donors (Lipinski definition) is 3. The summed E-state index contributed by atoms with van der Waals surface area (Å²) in [6, 6.07) is 11.0. The number of anilines is 1. The Morgan fingerprint density at radius 2 is 1.81 bits per heavy atom. The molecule has 3 aromatic rings. The molecular formula is C18H11BrClN3O4. The van der Waals surface area contributed by atoms with Gasteiger partial charge in [0.15, 0.2) is 0 Å². The van der Waals surface area contributed by atoms with Crippen molar-refractivity contribution in [1.29, 1.82) is 0 Å². The summed E-state index contributed by atoms with van der Waals surface area (Å²) < 4.78 is 0.546. The Morgan fingerprint density at radius 3 is 2.44 bits per heavy atom. The standard InChI is InChI=1S/C18H11BrClN3O4/c19-10-3-6-14(12(7-10)18(26)27)22-16(24)13-8-21-15(23-17(13)25)9-1-4-11(20)5-2-9/h1-8H,(H,22,24)(H,26,27)(H,21,23,25). The fraction of sp³-hybridized carbons (Fsp3) is 0. The minimum Gasteiger partial charge on any atom is -0.478 e. The predicted molar refractivity (Wildman–Crippen MR) is 104 cm³/mol. The third-order valence-corrected chi connectivity index (χ3v) is 4.37. The summed E-state index contributed by atoms with van der Waals surface area (Å²) in [5.74, 6) is -1.70. The summed E-state index contributed by atoms with van der Waals surface area (Å²) in [4.78, 5) is 42.6. The van der Waals surface area contributed by atoms with E-state index in [4.69, 9.17) is 11.6 Å². The molecule has 0 atom stereocenters. The highest BCUT2D eigenvalue weighted by Crippen LogP contribution is 2.22. The van der Waals surface area contributed by atoms with Crippen molar-refractivity contribution in [2.24, 2.45) is 0 Å². The minimum atomic E-state index is -1.21. The molecular weight excluding hydrogens is 438 g/mol. The normalized spacial score (nSPS) is 10.4. The van der Waals surface area contributed by atoms with Crippen molar-refractivity contribution in [3.05, 3.63) is 79.6 Å². The Balaban J connectivity index is 1.89. The summed E-state index contributed by atoms with van der Waals surface area (Å²) in [6.45, 7) is 0. The Morgan fingerprint density at radius 1 is 1.11 bits per heavy atom. The summed E-state index contributed by atoms with van der Waals surface area (Å²) in [6.07, 6.45) is 1.14. The predicted octanol–water partition coefficient (Wildman–Crippen LogP) is 3.80. The Labute approximate surface area is 166 Å². The second kappa shape index (κ2) is 7.73. The van der Waals surface area contributed by atoms with Crippen molar-refractivity contribution in [2.45, 2.75) is 0 Å². The molecule has 0 radical (unpaired) electrons. The molecule has 0 aliphatic heterocycles. The number of amides is 1. The maximum absolute atomic E-state index is 12.4. The molecule has 0 bridgehead atoms. The number of carboxylic acid groups (broad SMARTS) is 1. The largest absolute Gasteiger partial charge is 0.478 e. The molecule has 0 aliphatic rings. The number of carboxylic acids is 1. The van der Waals surface area contributed by atoms with Gasteiger partial charge in [-0.3, -0.25) is 9.59 Å². The molecule has 7 nitrogen and oxygen atoms in total. The number of benzene rings is 2. The molecule has 9 heteroatoms. The summed E-state index contributed by atoms with van der Waals surface area (Å²) in [5.41, 5.74) is -0.310. The van der Waals surface area contributed by atoms with Crippen LogP contribution >= 0.6 is 27.5 Å². The van der Waals surface area contributed by atoms with E-state index in [2.05, 4.69) is 31.2 Å². The lowest BCUT2D eigenvalue weighted by atomic mass is 10.1. The van der Waals surface area contributed by atoms with Crippen LogP contribution in [0.1, 0.15) is 20.7 Å². The van der Waals surface area contributed by atoms with Gasteiger partial charge in [0.25, 0.3) is 11.5 Å². The van der Waals surface area contributed by atoms with Crippen LogP contribution in [0.25, 0.3) is 11.4 Å². The molecule has 27 heavy (non-hydrogen) atoms. The fourth-order valence-electron chi connectivity index (χ4n) is 2.30. The Kier molecular flexibility index (Phi) is 5.38. The molecule has 0 saturated heterocycles. The van der Waals surface area contributed by atoms with Crippen molar-refractivity contribution >= 4 is 45.1 Å². The maximum Gasteiger partial charge on any atom is 0.337 e. The van der Waals surface area contributed by atoms with Crippen molar-refractivity contribution in [1.82, 2.24) is 9.97 Å². The lowest BCUT2D eigenvalue weighted by Crippen LogP contribution is -2.24. The number of halogens is 2. The zero-order valence-electron chi connectivity index (χ0n) is 13.5. The topological polar surface area (TPSA) is 112 Å². The smallest absolute Gasteiger partial charge is 0.337 e. The second-order valence-corrected chi connectivity index (χ2v) is 6.78. The number of carbonyl (C=O) groups is 2. The SMILES string of the molecule is O=C(O)c1cc(Br)ccc1NC(=O)c1cnc(-c2ccc(Cl)cc2)[nH]c1=O. The van der Waals surface area contributed by atoms with Crippen LogP contribution in [0.5, 0.6) is 0 Å². The van der Waals surface area contributed by atoms with E-state index in [9.17, 15) is 19.5 Å². The van der Waals surface area contributed by atoms with E-state index in [1.165, 1.54) is 12.1 Å². The first kappa shape index (κ1) is 18.8. The zero-order chi connectivity index (χ0) is 19.6. The Bertz CT molecular complexity index is 1100. The zero-order valence-corrected chi connectivity index (χ0v) is 15.8. The number of carbonyl (C=O) groups excluding carboxylic acids is 1. The average Bonchev–Trinajstić information content (AvgIpc) is 2.63. The van der Waals surface area contributed by atoms with Crippen LogP contribution in [0.2, 0.25) is 5.02 Å². The molecule has 1 amide bonds. The van der Waals surface area contributed by atoms with Crippen LogP contribution in [-0.4, -0.2) is 27.0 Å². The Hall–Kier alpha value is -2.97. The van der Waals surface area contributed by atoms with Gasteiger partial charge in [-0.05, 0) is 42.5 Å². The van der Waals surface area contributed by atoms with Crippen molar-refractivity contribution in [3.63, 3.8) is 0 Å². The quantitative estimate of drug-likeness (QED) is 0.562. The number of aromatic nitrogens is 2. The molecule has 1 aromatic heterocycles. The molecule has 0 unspecified atom stereocenters. The van der Waals surface area contributed by atoms with E-state index in [1.807, 2.05) is 0 Å². The van der Waals surface area contributed by atoms with Gasteiger partial charge in [0, 0.05) is 21.3 Å². The van der Waals surface area contributed by atoms with E-state index < -0.39 is 17.4 Å². The number of nitrogens with zero attached hydrogens (tertiary/aromatic N) is 1. The average molecular weight is 449 g/mol. The van der Waals surface area contributed by atoms with Crippen LogP contribution < -0.4 is 10.9 Å². The van der Waals surface area contributed by atoms with E-state index in [-0.39, 0.29) is 22.6 Å². The molecule has 0 saturated carbocycles. The first-order valence-corrected chi connectivity index (χ1v) is 8.71. The third kappa shape index (κ3) is 4.24. The van der Waals surface area contributed by atoms with E-state index in [1.54, 1.807) is 30.3 Å². The third-order valence-electron chi connectivity index (χ3n) is 3.62. The van der Waals surface area contributed by atoms with Crippen LogP contribution in [0.4, 0.5) is 5.69 Å². The first-order valence-electron chi connectivity index (χ1n) is 7.54. The number of H-pyrrole nitrogens is 1. The summed E-state index contributed by atoms with van der Waals surface area (Å²) >= 11 is 9.00. The molecule has 1 heterocycles. The van der Waals surface area contributed by atoms with Crippen molar-refractivity contribution in [2.75, 3.05) is 5.32 Å². The van der Waals surface area contributed by atoms with Gasteiger partial charge in [0.2, 0.25) is 0 Å². The first-order chi connectivity index (χ1) is 12.8. The van der Waals surface area contributed by atoms with Crippen molar-refractivity contribution < 1.29 is 14.7 Å². The minimum absolute atomic E-state index is 0.0666. The number of nitrogens with one attached hydrogen (secondary N) is 2. The summed E-state index contributed by atoms with van der Waals surface area (Å²) in [5, 5.41) is 12.2. The molecule has 2 aromatic carbocycles. The molecule has 0 fully saturated rings. The maximum atomic E-state index is 12.4. The van der Waals surface area contributed by atoms with Gasteiger partial charge in [-0.15, -0.1) is 0 Å². The van der Waals surface area contributed by atoms with Crippen LogP contribution in [-0.2, 0) is 0 Å².